The normalized spacial score (nSPS) is 10.6. The number of oxazole rings is 1. The fourth-order valence-electron chi connectivity index (χ4n) is 0.633. The standard InChI is InChI=1S/C7H8N2O2/c8-4-7-9-6(5-11-7)2-1-3-10/h1-3,5H,4,8H2/b2-1+. The van der Waals surface area contributed by atoms with Crippen LogP contribution >= 0.6 is 0 Å². The van der Waals surface area contributed by atoms with Gasteiger partial charge in [-0.1, -0.05) is 0 Å². The molecule has 0 spiro atoms. The van der Waals surface area contributed by atoms with Crippen molar-refractivity contribution in [1.82, 2.24) is 4.98 Å². The van der Waals surface area contributed by atoms with Gasteiger partial charge in [0.15, 0.2) is 0 Å². The summed E-state index contributed by atoms with van der Waals surface area (Å²) in [5.41, 5.74) is 5.85. The minimum atomic E-state index is 0.273. The van der Waals surface area contributed by atoms with Crippen LogP contribution in [0.2, 0.25) is 0 Å². The molecule has 58 valence electrons. The third kappa shape index (κ3) is 2.01. The number of hydrogen-bond acceptors (Lipinski definition) is 4. The molecule has 0 aliphatic heterocycles. The fraction of sp³-hybridized carbons (Fsp3) is 0.143. The Kier molecular flexibility index (Phi) is 2.57. The van der Waals surface area contributed by atoms with E-state index in [2.05, 4.69) is 4.98 Å². The van der Waals surface area contributed by atoms with Crippen molar-refractivity contribution < 1.29 is 9.21 Å². The molecule has 11 heavy (non-hydrogen) atoms. The number of rotatable bonds is 3. The van der Waals surface area contributed by atoms with Crippen molar-refractivity contribution in [3.8, 4) is 0 Å². The molecule has 0 amide bonds. The van der Waals surface area contributed by atoms with E-state index in [1.807, 2.05) is 0 Å². The van der Waals surface area contributed by atoms with E-state index in [-0.39, 0.29) is 6.54 Å². The molecule has 0 aliphatic rings. The van der Waals surface area contributed by atoms with Gasteiger partial charge in [-0.3, -0.25) is 4.79 Å². The number of carbonyl (C=O) groups is 1. The van der Waals surface area contributed by atoms with Gasteiger partial charge in [-0.2, -0.15) is 0 Å². The van der Waals surface area contributed by atoms with Crippen molar-refractivity contribution in [2.45, 2.75) is 6.54 Å². The third-order valence-corrected chi connectivity index (χ3v) is 1.09. The lowest BCUT2D eigenvalue weighted by Crippen LogP contribution is -1.95. The quantitative estimate of drug-likeness (QED) is 0.501. The number of carbonyl (C=O) groups excluding carboxylic acids is 1. The predicted molar refractivity (Wildman–Crippen MR) is 39.5 cm³/mol. The van der Waals surface area contributed by atoms with E-state index >= 15 is 0 Å². The zero-order chi connectivity index (χ0) is 8.10. The summed E-state index contributed by atoms with van der Waals surface area (Å²) in [6.45, 7) is 0.273. The van der Waals surface area contributed by atoms with Crippen LogP contribution in [0.15, 0.2) is 16.8 Å². The maximum Gasteiger partial charge on any atom is 0.208 e. The van der Waals surface area contributed by atoms with Gasteiger partial charge in [0.05, 0.1) is 6.54 Å². The smallest absolute Gasteiger partial charge is 0.208 e. The lowest BCUT2D eigenvalue weighted by Gasteiger charge is -1.79. The van der Waals surface area contributed by atoms with E-state index in [1.165, 1.54) is 12.3 Å². The predicted octanol–water partition coefficient (Wildman–Crippen LogP) is 0.345. The first kappa shape index (κ1) is 7.68. The molecule has 4 heteroatoms. The molecule has 2 N–H and O–H groups in total. The van der Waals surface area contributed by atoms with Gasteiger partial charge < -0.3 is 10.2 Å². The van der Waals surface area contributed by atoms with Gasteiger partial charge in [-0.25, -0.2) is 4.98 Å². The second kappa shape index (κ2) is 3.68. The van der Waals surface area contributed by atoms with Gasteiger partial charge in [0.1, 0.15) is 18.2 Å². The Morgan fingerprint density at radius 3 is 3.09 bits per heavy atom. The van der Waals surface area contributed by atoms with Gasteiger partial charge >= 0.3 is 0 Å². The molecule has 1 rings (SSSR count). The van der Waals surface area contributed by atoms with Crippen LogP contribution in [0.3, 0.4) is 0 Å². The van der Waals surface area contributed by atoms with E-state index < -0.39 is 0 Å². The molecule has 1 aromatic heterocycles. The number of hydrogen-bond donors (Lipinski definition) is 1. The van der Waals surface area contributed by atoms with Crippen molar-refractivity contribution in [3.63, 3.8) is 0 Å². The zero-order valence-electron chi connectivity index (χ0n) is 5.86. The molecule has 0 unspecified atom stereocenters. The van der Waals surface area contributed by atoms with Gasteiger partial charge in [0, 0.05) is 0 Å². The second-order valence-electron chi connectivity index (χ2n) is 1.87. The Morgan fingerprint density at radius 2 is 2.55 bits per heavy atom. The SMILES string of the molecule is NCc1nc(/C=C/C=O)co1. The second-order valence-corrected chi connectivity index (χ2v) is 1.87. The summed E-state index contributed by atoms with van der Waals surface area (Å²) in [4.78, 5) is 13.8. The lowest BCUT2D eigenvalue weighted by atomic mass is 10.4. The van der Waals surface area contributed by atoms with Crippen molar-refractivity contribution in [2.75, 3.05) is 0 Å². The average molecular weight is 152 g/mol. The molecule has 0 bridgehead atoms. The average Bonchev–Trinajstić information content (AvgIpc) is 2.48. The van der Waals surface area contributed by atoms with Crippen molar-refractivity contribution >= 4 is 12.4 Å². The minimum absolute atomic E-state index is 0.273. The maximum atomic E-state index is 9.88. The molecule has 0 saturated carbocycles. The Labute approximate surface area is 63.7 Å². The van der Waals surface area contributed by atoms with Crippen molar-refractivity contribution in [2.24, 2.45) is 5.73 Å². The van der Waals surface area contributed by atoms with Crippen LogP contribution in [0.5, 0.6) is 0 Å². The topological polar surface area (TPSA) is 69.1 Å². The number of allylic oxidation sites excluding steroid dienone is 1. The number of nitrogens with two attached hydrogens (primary N) is 1. The summed E-state index contributed by atoms with van der Waals surface area (Å²) in [7, 11) is 0. The molecule has 1 aromatic rings. The molecule has 1 heterocycles. The Balaban J connectivity index is 2.72. The van der Waals surface area contributed by atoms with E-state index in [0.29, 0.717) is 17.9 Å². The summed E-state index contributed by atoms with van der Waals surface area (Å²) in [6.07, 6.45) is 5.02. The van der Waals surface area contributed by atoms with Crippen LogP contribution in [-0.4, -0.2) is 11.3 Å². The van der Waals surface area contributed by atoms with Gasteiger partial charge in [0.25, 0.3) is 0 Å². The first-order valence-electron chi connectivity index (χ1n) is 3.13. The lowest BCUT2D eigenvalue weighted by molar-refractivity contribution is -0.104. The molecular formula is C7H8N2O2. The van der Waals surface area contributed by atoms with E-state index in [4.69, 9.17) is 10.2 Å². The molecule has 0 fully saturated rings. The van der Waals surface area contributed by atoms with Crippen molar-refractivity contribution in [3.05, 3.63) is 23.9 Å². The van der Waals surface area contributed by atoms with E-state index in [9.17, 15) is 4.79 Å². The van der Waals surface area contributed by atoms with Crippen LogP contribution < -0.4 is 5.73 Å². The van der Waals surface area contributed by atoms with Gasteiger partial charge in [0.2, 0.25) is 5.89 Å². The first-order valence-corrected chi connectivity index (χ1v) is 3.13. The van der Waals surface area contributed by atoms with E-state index in [0.717, 1.165) is 0 Å². The number of nitrogens with zero attached hydrogens (tertiary/aromatic N) is 1. The molecule has 0 saturated heterocycles. The first-order chi connectivity index (χ1) is 5.36. The summed E-state index contributed by atoms with van der Waals surface area (Å²) < 4.78 is 4.91. The number of aromatic nitrogens is 1. The van der Waals surface area contributed by atoms with Crippen LogP contribution in [-0.2, 0) is 11.3 Å². The number of aldehydes is 1. The molecule has 0 atom stereocenters. The van der Waals surface area contributed by atoms with Gasteiger partial charge in [-0.15, -0.1) is 0 Å². The molecule has 0 aromatic carbocycles. The van der Waals surface area contributed by atoms with E-state index in [1.54, 1.807) is 6.08 Å². The van der Waals surface area contributed by atoms with Crippen LogP contribution in [0.1, 0.15) is 11.6 Å². The highest BCUT2D eigenvalue weighted by Crippen LogP contribution is 2.01. The van der Waals surface area contributed by atoms with Crippen LogP contribution in [0.25, 0.3) is 6.08 Å². The minimum Gasteiger partial charge on any atom is -0.447 e. The highest BCUT2D eigenvalue weighted by Gasteiger charge is 1.96. The molecule has 0 aliphatic carbocycles. The van der Waals surface area contributed by atoms with Crippen LogP contribution in [0, 0.1) is 0 Å². The molecule has 0 radical (unpaired) electrons. The fourth-order valence-corrected chi connectivity index (χ4v) is 0.633. The molecular weight excluding hydrogens is 144 g/mol. The van der Waals surface area contributed by atoms with Crippen LogP contribution in [0.4, 0.5) is 0 Å². The monoisotopic (exact) mass is 152 g/mol. The highest BCUT2D eigenvalue weighted by atomic mass is 16.3. The zero-order valence-corrected chi connectivity index (χ0v) is 5.86. The highest BCUT2D eigenvalue weighted by molar-refractivity contribution is 5.72. The Bertz CT molecular complexity index is 265. The van der Waals surface area contributed by atoms with Gasteiger partial charge in [-0.05, 0) is 12.2 Å². The maximum absolute atomic E-state index is 9.88. The summed E-state index contributed by atoms with van der Waals surface area (Å²) in [5.74, 6) is 0.468. The summed E-state index contributed by atoms with van der Waals surface area (Å²) >= 11 is 0. The summed E-state index contributed by atoms with van der Waals surface area (Å²) in [6, 6.07) is 0. The Morgan fingerprint density at radius 1 is 1.73 bits per heavy atom. The summed E-state index contributed by atoms with van der Waals surface area (Å²) in [5, 5.41) is 0. The largest absolute Gasteiger partial charge is 0.447 e. The Hall–Kier alpha value is -1.42. The van der Waals surface area contributed by atoms with Crippen molar-refractivity contribution in [1.29, 1.82) is 0 Å². The third-order valence-electron chi connectivity index (χ3n) is 1.09. The molecule has 4 nitrogen and oxygen atoms in total.